The molecule has 182 valence electrons. The van der Waals surface area contributed by atoms with Crippen LogP contribution in [0.15, 0.2) is 64.6 Å². The van der Waals surface area contributed by atoms with Crippen LogP contribution in [0.1, 0.15) is 31.8 Å². The summed E-state index contributed by atoms with van der Waals surface area (Å²) in [7, 11) is 3.10. The first-order chi connectivity index (χ1) is 16.9. The Bertz CT molecular complexity index is 1240. The molecule has 0 aliphatic carbocycles. The predicted molar refractivity (Wildman–Crippen MR) is 136 cm³/mol. The topological polar surface area (TPSA) is 72.0 Å². The zero-order chi connectivity index (χ0) is 24.9. The Hall–Kier alpha value is -3.52. The van der Waals surface area contributed by atoms with Crippen molar-refractivity contribution in [3.8, 4) is 11.5 Å². The lowest BCUT2D eigenvalue weighted by atomic mass is 10.1. The van der Waals surface area contributed by atoms with Gasteiger partial charge >= 0.3 is 0 Å². The molecule has 0 bridgehead atoms. The van der Waals surface area contributed by atoms with Crippen molar-refractivity contribution in [1.29, 1.82) is 0 Å². The summed E-state index contributed by atoms with van der Waals surface area (Å²) in [5, 5.41) is 0.688. The van der Waals surface area contributed by atoms with E-state index in [2.05, 4.69) is 37.0 Å². The molecule has 1 aliphatic rings. The summed E-state index contributed by atoms with van der Waals surface area (Å²) < 4.78 is 10.6. The first-order valence-electron chi connectivity index (χ1n) is 11.4. The summed E-state index contributed by atoms with van der Waals surface area (Å²) in [5.41, 5.74) is 3.46. The number of rotatable bonds is 6. The van der Waals surface area contributed by atoms with E-state index >= 15 is 0 Å². The van der Waals surface area contributed by atoms with Crippen molar-refractivity contribution in [2.24, 2.45) is 0 Å². The van der Waals surface area contributed by atoms with Crippen molar-refractivity contribution < 1.29 is 19.1 Å². The Kier molecular flexibility index (Phi) is 7.60. The number of nitrogens with zero attached hydrogens (tertiary/aromatic N) is 3. The van der Waals surface area contributed by atoms with E-state index in [0.717, 1.165) is 10.5 Å². The van der Waals surface area contributed by atoms with Crippen LogP contribution in [0, 0.1) is 13.8 Å². The fraction of sp³-hybridized carbons (Fsp3) is 0.296. The SMILES string of the molecule is COc1ccc(C(=O)N2CCN(C(=O)c3cccnc3Sc3ccc(C)cc3C)CC2)cc1OC. The van der Waals surface area contributed by atoms with Crippen molar-refractivity contribution in [3.63, 3.8) is 0 Å². The van der Waals surface area contributed by atoms with Crippen LogP contribution in [0.3, 0.4) is 0 Å². The molecule has 0 N–H and O–H groups in total. The minimum atomic E-state index is -0.0921. The van der Waals surface area contributed by atoms with Gasteiger partial charge in [0.05, 0.1) is 19.8 Å². The molecule has 3 aromatic rings. The van der Waals surface area contributed by atoms with Crippen molar-refractivity contribution in [2.45, 2.75) is 23.8 Å². The fourth-order valence-corrected chi connectivity index (χ4v) is 5.03. The van der Waals surface area contributed by atoms with Gasteiger partial charge in [0.25, 0.3) is 11.8 Å². The van der Waals surface area contributed by atoms with Gasteiger partial charge in [0.1, 0.15) is 5.03 Å². The van der Waals surface area contributed by atoms with E-state index in [4.69, 9.17) is 9.47 Å². The number of aryl methyl sites for hydroxylation is 2. The normalized spacial score (nSPS) is 13.5. The summed E-state index contributed by atoms with van der Waals surface area (Å²) >= 11 is 1.51. The largest absolute Gasteiger partial charge is 0.493 e. The molecule has 2 aromatic carbocycles. The predicted octanol–water partition coefficient (Wildman–Crippen LogP) is 4.47. The second-order valence-corrected chi connectivity index (χ2v) is 9.41. The van der Waals surface area contributed by atoms with Gasteiger partial charge in [0.15, 0.2) is 11.5 Å². The van der Waals surface area contributed by atoms with Crippen LogP contribution in [0.5, 0.6) is 11.5 Å². The average Bonchev–Trinajstić information content (AvgIpc) is 2.89. The lowest BCUT2D eigenvalue weighted by molar-refractivity contribution is 0.0533. The van der Waals surface area contributed by atoms with Gasteiger partial charge in [-0.25, -0.2) is 4.98 Å². The van der Waals surface area contributed by atoms with Gasteiger partial charge in [0, 0.05) is 42.8 Å². The van der Waals surface area contributed by atoms with Crippen LogP contribution in [0.4, 0.5) is 0 Å². The maximum absolute atomic E-state index is 13.4. The highest BCUT2D eigenvalue weighted by molar-refractivity contribution is 7.99. The molecule has 0 unspecified atom stereocenters. The minimum Gasteiger partial charge on any atom is -0.493 e. The number of pyridine rings is 1. The van der Waals surface area contributed by atoms with E-state index < -0.39 is 0 Å². The second kappa shape index (κ2) is 10.8. The molecular formula is C27H29N3O4S. The number of aromatic nitrogens is 1. The molecule has 0 saturated carbocycles. The third-order valence-corrected chi connectivity index (χ3v) is 7.22. The van der Waals surface area contributed by atoms with Gasteiger partial charge in [-0.3, -0.25) is 9.59 Å². The third-order valence-electron chi connectivity index (χ3n) is 6.02. The maximum Gasteiger partial charge on any atom is 0.256 e. The van der Waals surface area contributed by atoms with E-state index in [-0.39, 0.29) is 11.8 Å². The Balaban J connectivity index is 1.44. The Morgan fingerprint density at radius 2 is 1.54 bits per heavy atom. The van der Waals surface area contributed by atoms with E-state index in [9.17, 15) is 9.59 Å². The van der Waals surface area contributed by atoms with Gasteiger partial charge in [-0.2, -0.15) is 0 Å². The molecule has 0 radical (unpaired) electrons. The number of piperazine rings is 1. The monoisotopic (exact) mass is 491 g/mol. The number of amides is 2. The van der Waals surface area contributed by atoms with Gasteiger partial charge in [-0.1, -0.05) is 29.5 Å². The minimum absolute atomic E-state index is 0.0661. The molecule has 2 amide bonds. The third kappa shape index (κ3) is 5.43. The van der Waals surface area contributed by atoms with Crippen molar-refractivity contribution in [1.82, 2.24) is 14.8 Å². The molecular weight excluding hydrogens is 462 g/mol. The number of hydrogen-bond acceptors (Lipinski definition) is 6. The van der Waals surface area contributed by atoms with Crippen LogP contribution < -0.4 is 9.47 Å². The van der Waals surface area contributed by atoms with E-state index in [1.807, 2.05) is 6.07 Å². The quantitative estimate of drug-likeness (QED) is 0.507. The second-order valence-electron chi connectivity index (χ2n) is 8.38. The molecule has 35 heavy (non-hydrogen) atoms. The lowest BCUT2D eigenvalue weighted by Gasteiger charge is -2.35. The highest BCUT2D eigenvalue weighted by Crippen LogP contribution is 2.32. The highest BCUT2D eigenvalue weighted by Gasteiger charge is 2.27. The van der Waals surface area contributed by atoms with Crippen molar-refractivity contribution in [2.75, 3.05) is 40.4 Å². The summed E-state index contributed by atoms with van der Waals surface area (Å²) in [6.07, 6.45) is 1.71. The van der Waals surface area contributed by atoms with Crippen LogP contribution >= 0.6 is 11.8 Å². The molecule has 7 nitrogen and oxygen atoms in total. The van der Waals surface area contributed by atoms with Gasteiger partial charge in [-0.15, -0.1) is 0 Å². The smallest absolute Gasteiger partial charge is 0.256 e. The Labute approximate surface area is 210 Å². The number of benzene rings is 2. The van der Waals surface area contributed by atoms with Gasteiger partial charge < -0.3 is 19.3 Å². The molecule has 8 heteroatoms. The molecule has 1 aliphatic heterocycles. The molecule has 1 fully saturated rings. The van der Waals surface area contributed by atoms with Crippen LogP contribution in [0.2, 0.25) is 0 Å². The molecule has 1 aromatic heterocycles. The number of ether oxygens (including phenoxy) is 2. The standard InChI is InChI=1S/C27H29N3O4S/c1-18-7-10-24(19(2)16-18)35-25-21(6-5-11-28-25)27(32)30-14-12-29(13-15-30)26(31)20-8-9-22(33-3)23(17-20)34-4/h5-11,16-17H,12-15H2,1-4H3. The van der Waals surface area contributed by atoms with Crippen LogP contribution in [-0.4, -0.2) is 67.0 Å². The summed E-state index contributed by atoms with van der Waals surface area (Å²) in [6.45, 7) is 5.96. The Morgan fingerprint density at radius 1 is 0.857 bits per heavy atom. The fourth-order valence-electron chi connectivity index (χ4n) is 4.09. The zero-order valence-electron chi connectivity index (χ0n) is 20.4. The highest BCUT2D eigenvalue weighted by atomic mass is 32.2. The summed E-state index contributed by atoms with van der Waals surface area (Å²) in [5.74, 6) is 0.928. The zero-order valence-corrected chi connectivity index (χ0v) is 21.2. The molecule has 4 rings (SSSR count). The van der Waals surface area contributed by atoms with Gasteiger partial charge in [0.2, 0.25) is 0 Å². The first kappa shape index (κ1) is 24.6. The number of hydrogen-bond donors (Lipinski definition) is 0. The molecule has 0 atom stereocenters. The van der Waals surface area contributed by atoms with Crippen LogP contribution in [-0.2, 0) is 0 Å². The van der Waals surface area contributed by atoms with Gasteiger partial charge in [-0.05, 0) is 55.8 Å². The van der Waals surface area contributed by atoms with E-state index in [1.165, 1.54) is 17.3 Å². The van der Waals surface area contributed by atoms with E-state index in [1.54, 1.807) is 54.5 Å². The van der Waals surface area contributed by atoms with Crippen molar-refractivity contribution in [3.05, 3.63) is 77.0 Å². The van der Waals surface area contributed by atoms with Crippen molar-refractivity contribution >= 4 is 23.6 Å². The average molecular weight is 492 g/mol. The molecule has 1 saturated heterocycles. The lowest BCUT2D eigenvalue weighted by Crippen LogP contribution is -2.50. The summed E-state index contributed by atoms with van der Waals surface area (Å²) in [4.78, 5) is 35.6. The Morgan fingerprint density at radius 3 is 2.20 bits per heavy atom. The number of carbonyl (C=O) groups is 2. The number of methoxy groups -OCH3 is 2. The molecule has 0 spiro atoms. The molecule has 2 heterocycles. The first-order valence-corrected chi connectivity index (χ1v) is 12.2. The van der Waals surface area contributed by atoms with Crippen LogP contribution in [0.25, 0.3) is 0 Å². The van der Waals surface area contributed by atoms with E-state index in [0.29, 0.717) is 53.8 Å². The summed E-state index contributed by atoms with van der Waals surface area (Å²) in [6, 6.07) is 15.0. The number of carbonyl (C=O) groups excluding carboxylic acids is 2. The maximum atomic E-state index is 13.4.